The first-order valence-electron chi connectivity index (χ1n) is 26.9. The van der Waals surface area contributed by atoms with Crippen molar-refractivity contribution in [3.05, 3.63) is 120 Å². The molecule has 21 heteroatoms. The van der Waals surface area contributed by atoms with Crippen LogP contribution in [0.2, 0.25) is 0 Å². The largest absolute Gasteiger partial charge is 0.481 e. The van der Waals surface area contributed by atoms with Crippen molar-refractivity contribution < 1.29 is 71.4 Å². The lowest BCUT2D eigenvalue weighted by Crippen LogP contribution is -2.36. The molecule has 76 heavy (non-hydrogen) atoms. The average Bonchev–Trinajstić information content (AvgIpc) is 3.65. The van der Waals surface area contributed by atoms with E-state index in [1.54, 1.807) is 12.2 Å². The number of esters is 2. The molecule has 1 aromatic heterocycles. The van der Waals surface area contributed by atoms with Crippen LogP contribution in [0.5, 0.6) is 0 Å². The highest BCUT2D eigenvalue weighted by atomic mass is 31.3. The van der Waals surface area contributed by atoms with Crippen molar-refractivity contribution in [3.8, 4) is 0 Å². The number of hydrogen-bond donors (Lipinski definition) is 6. The first kappa shape index (κ1) is 67.7. The lowest BCUT2D eigenvalue weighted by Gasteiger charge is -2.21. The smallest absolute Gasteiger partial charge is 0.462 e. The van der Waals surface area contributed by atoms with Crippen LogP contribution in [0.15, 0.2) is 114 Å². The summed E-state index contributed by atoms with van der Waals surface area (Å²) in [5.74, 6) is -1.54. The third kappa shape index (κ3) is 33.7. The molecule has 0 spiro atoms. The molecule has 1 aromatic rings. The number of aromatic nitrogens is 2. The van der Waals surface area contributed by atoms with E-state index in [9.17, 15) is 48.6 Å². The SMILES string of the molecule is CC/C=C\C/C=C\C/C=C\C/C=C\C=C\C(O)CCCC(=O)O[C@H](COC(=O)CCCCCCCC/C=C\C/C=C\C/C=C\CCCCCC)COP(=O)(O)OP(=O)(O)OC[C@H]1O[C@@H](n2ccc(N)nc2=O)[C@H](O)[C@@H]1O. The summed E-state index contributed by atoms with van der Waals surface area (Å²) in [5.41, 5.74) is 4.57. The molecule has 1 saturated heterocycles. The molecule has 19 nitrogen and oxygen atoms in total. The van der Waals surface area contributed by atoms with Crippen LogP contribution in [0.1, 0.15) is 161 Å². The van der Waals surface area contributed by atoms with Crippen molar-refractivity contribution in [2.45, 2.75) is 192 Å². The zero-order valence-corrected chi connectivity index (χ0v) is 46.4. The number of nitrogens with two attached hydrogens (primary N) is 1. The summed E-state index contributed by atoms with van der Waals surface area (Å²) in [4.78, 5) is 62.0. The van der Waals surface area contributed by atoms with Crippen LogP contribution in [-0.4, -0.2) is 96.9 Å². The van der Waals surface area contributed by atoms with E-state index in [0.717, 1.165) is 94.2 Å². The maximum Gasteiger partial charge on any atom is 0.481 e. The van der Waals surface area contributed by atoms with E-state index in [2.05, 4.69) is 90.0 Å². The number of nitrogens with zero attached hydrogens (tertiary/aromatic N) is 2. The summed E-state index contributed by atoms with van der Waals surface area (Å²) in [6.45, 7) is 1.82. The molecule has 428 valence electrons. The number of anilines is 1. The fraction of sp³-hybridized carbons (Fsp3) is 0.600. The number of unbranched alkanes of at least 4 members (excludes halogenated alkanes) is 10. The quantitative estimate of drug-likeness (QED) is 0.0116. The minimum Gasteiger partial charge on any atom is -0.462 e. The second-order valence-corrected chi connectivity index (χ2v) is 21.2. The molecular weight excluding hydrogens is 1020 g/mol. The minimum atomic E-state index is -5.48. The Labute approximate surface area is 450 Å². The number of aliphatic hydroxyl groups is 3. The molecule has 0 saturated carbocycles. The van der Waals surface area contributed by atoms with Gasteiger partial charge in [-0.3, -0.25) is 23.2 Å². The van der Waals surface area contributed by atoms with Gasteiger partial charge in [-0.1, -0.05) is 156 Å². The Kier molecular flexibility index (Phi) is 37.2. The summed E-state index contributed by atoms with van der Waals surface area (Å²) in [6, 6.07) is 1.23. The molecule has 3 unspecified atom stereocenters. The van der Waals surface area contributed by atoms with Gasteiger partial charge in [-0.15, -0.1) is 0 Å². The summed E-state index contributed by atoms with van der Waals surface area (Å²) < 4.78 is 56.7. The molecule has 8 atom stereocenters. The number of nitrogen functional groups attached to an aromatic ring is 1. The Morgan fingerprint density at radius 3 is 1.88 bits per heavy atom. The predicted octanol–water partition coefficient (Wildman–Crippen LogP) is 10.6. The van der Waals surface area contributed by atoms with E-state index in [0.29, 0.717) is 6.42 Å². The van der Waals surface area contributed by atoms with Gasteiger partial charge in [0.05, 0.1) is 19.3 Å². The van der Waals surface area contributed by atoms with Crippen molar-refractivity contribution in [2.24, 2.45) is 0 Å². The summed E-state index contributed by atoms with van der Waals surface area (Å²) in [5, 5.41) is 31.3. The number of carbonyl (C=O) groups excluding carboxylic acids is 2. The second kappa shape index (κ2) is 41.7. The van der Waals surface area contributed by atoms with E-state index in [1.165, 1.54) is 31.7 Å². The van der Waals surface area contributed by atoms with E-state index < -0.39 is 89.8 Å². The molecule has 2 heterocycles. The Hall–Kier alpha value is -4.36. The Morgan fingerprint density at radius 1 is 0.711 bits per heavy atom. The van der Waals surface area contributed by atoms with E-state index in [1.807, 2.05) is 18.2 Å². The molecule has 0 bridgehead atoms. The molecule has 1 fully saturated rings. The Morgan fingerprint density at radius 2 is 1.26 bits per heavy atom. The molecule has 0 amide bonds. The van der Waals surface area contributed by atoms with Crippen LogP contribution in [0.4, 0.5) is 5.82 Å². The minimum absolute atomic E-state index is 0.0657. The van der Waals surface area contributed by atoms with Crippen molar-refractivity contribution >= 4 is 33.4 Å². The zero-order valence-electron chi connectivity index (χ0n) is 44.6. The highest BCUT2D eigenvalue weighted by molar-refractivity contribution is 7.61. The molecule has 7 N–H and O–H groups in total. The monoisotopic (exact) mass is 1110 g/mol. The fourth-order valence-corrected chi connectivity index (χ4v) is 9.46. The third-order valence-corrected chi connectivity index (χ3v) is 14.1. The normalized spacial score (nSPS) is 19.9. The standard InChI is InChI=1S/C55H87N3O16P2/c1-3-5-7-9-11-13-15-17-18-19-20-21-22-23-25-27-29-31-33-35-39-50(60)69-43-47(72-51(61)40-36-38-46(59)37-34-32-30-28-26-24-16-14-12-10-8-6-4-2)44-70-75(65,66)74-76(67,68)71-45-48-52(62)53(63)54(73-48)58-42-41-49(56)57-55(58)64/h6,8,12-15,18-19,21-22,24,26,30,32,34,37,41-42,46-48,52-54,59,62-63H,3-5,7,9-11,16-17,20,23,25,27-29,31,33,35-36,38-40,43-45H2,1-2H3,(H,65,66)(H,67,68)(H2,56,57,64)/b8-6-,14-12-,15-13-,19-18-,22-21-,26-24-,32-30-,37-34+/t46?,47-,48-,52-,53-,54-/m1/s1. The van der Waals surface area contributed by atoms with Crippen molar-refractivity contribution in [1.29, 1.82) is 0 Å². The highest BCUT2D eigenvalue weighted by Crippen LogP contribution is 2.60. The van der Waals surface area contributed by atoms with Crippen molar-refractivity contribution in [2.75, 3.05) is 25.6 Å². The lowest BCUT2D eigenvalue weighted by atomic mass is 10.1. The van der Waals surface area contributed by atoms with Crippen LogP contribution < -0.4 is 11.4 Å². The van der Waals surface area contributed by atoms with Gasteiger partial charge < -0.3 is 45.1 Å². The Bertz CT molecular complexity index is 2170. The number of hydrogen-bond acceptors (Lipinski definition) is 16. The molecular formula is C55H87N3O16P2. The van der Waals surface area contributed by atoms with Gasteiger partial charge in [-0.2, -0.15) is 9.29 Å². The van der Waals surface area contributed by atoms with Crippen molar-refractivity contribution in [3.63, 3.8) is 0 Å². The van der Waals surface area contributed by atoms with E-state index in [-0.39, 0.29) is 31.5 Å². The molecule has 0 radical (unpaired) electrons. The van der Waals surface area contributed by atoms with Crippen molar-refractivity contribution in [1.82, 2.24) is 9.55 Å². The van der Waals surface area contributed by atoms with Gasteiger partial charge in [-0.25, -0.2) is 13.9 Å². The van der Waals surface area contributed by atoms with Crippen LogP contribution >= 0.6 is 15.6 Å². The van der Waals surface area contributed by atoms with Gasteiger partial charge in [0.25, 0.3) is 0 Å². The number of carbonyl (C=O) groups is 2. The van der Waals surface area contributed by atoms with E-state index >= 15 is 0 Å². The number of phosphoric ester groups is 2. The molecule has 0 aromatic carbocycles. The van der Waals surface area contributed by atoms with Gasteiger partial charge in [0.2, 0.25) is 0 Å². The van der Waals surface area contributed by atoms with Crippen LogP contribution in [0, 0.1) is 0 Å². The number of ether oxygens (including phenoxy) is 3. The highest BCUT2D eigenvalue weighted by Gasteiger charge is 2.46. The number of phosphoric acid groups is 2. The van der Waals surface area contributed by atoms with Crippen LogP contribution in [-0.2, 0) is 46.3 Å². The first-order chi connectivity index (χ1) is 36.6. The fourth-order valence-electron chi connectivity index (χ4n) is 7.35. The molecule has 0 aliphatic carbocycles. The Balaban J connectivity index is 1.84. The number of allylic oxidation sites excluding steroid dienone is 15. The van der Waals surface area contributed by atoms with Gasteiger partial charge in [0, 0.05) is 19.0 Å². The average molecular weight is 1110 g/mol. The predicted molar refractivity (Wildman–Crippen MR) is 294 cm³/mol. The number of aliphatic hydroxyl groups excluding tert-OH is 3. The second-order valence-electron chi connectivity index (χ2n) is 18.2. The topological polar surface area (TPSA) is 286 Å². The van der Waals surface area contributed by atoms with Crippen LogP contribution in [0.25, 0.3) is 0 Å². The molecule has 2 rings (SSSR count). The van der Waals surface area contributed by atoms with Gasteiger partial charge in [0.15, 0.2) is 12.3 Å². The first-order valence-corrected chi connectivity index (χ1v) is 29.8. The maximum atomic E-state index is 12.9. The van der Waals surface area contributed by atoms with E-state index in [4.69, 9.17) is 29.0 Å². The lowest BCUT2D eigenvalue weighted by molar-refractivity contribution is -0.161. The van der Waals surface area contributed by atoms with Crippen LogP contribution in [0.3, 0.4) is 0 Å². The van der Waals surface area contributed by atoms with Gasteiger partial charge in [-0.05, 0) is 89.5 Å². The third-order valence-electron chi connectivity index (χ3n) is 11.5. The summed E-state index contributed by atoms with van der Waals surface area (Å²) in [6.07, 6.45) is 43.6. The zero-order chi connectivity index (χ0) is 55.7. The van der Waals surface area contributed by atoms with Gasteiger partial charge in [0.1, 0.15) is 30.7 Å². The number of rotatable bonds is 43. The van der Waals surface area contributed by atoms with Gasteiger partial charge >= 0.3 is 33.3 Å². The molecule has 1 aliphatic rings. The molecule has 1 aliphatic heterocycles. The maximum absolute atomic E-state index is 12.9. The summed E-state index contributed by atoms with van der Waals surface area (Å²) in [7, 11) is -11.0. The summed E-state index contributed by atoms with van der Waals surface area (Å²) >= 11 is 0.